The van der Waals surface area contributed by atoms with Crippen molar-refractivity contribution in [3.63, 3.8) is 0 Å². The Balaban J connectivity index is 0.000000423. The molecule has 0 bridgehead atoms. The van der Waals surface area contributed by atoms with E-state index in [4.69, 9.17) is 0 Å². The molecule has 0 saturated carbocycles. The molecule has 15 heavy (non-hydrogen) atoms. The van der Waals surface area contributed by atoms with Gasteiger partial charge < -0.3 is 4.79 Å². The van der Waals surface area contributed by atoms with E-state index < -0.39 is 11.7 Å². The van der Waals surface area contributed by atoms with Crippen molar-refractivity contribution in [2.75, 3.05) is 0 Å². The molecule has 0 saturated heterocycles. The van der Waals surface area contributed by atoms with E-state index in [1.54, 1.807) is 0 Å². The fourth-order valence-corrected chi connectivity index (χ4v) is 0.784. The molecule has 84 valence electrons. The van der Waals surface area contributed by atoms with Gasteiger partial charge in [0.05, 0.1) is 5.56 Å². The first kappa shape index (κ1) is 13.6. The summed E-state index contributed by atoms with van der Waals surface area (Å²) >= 11 is 0. The molecule has 0 spiro atoms. The molecular weight excluding hydrogens is 207 g/mol. The van der Waals surface area contributed by atoms with Crippen LogP contribution < -0.4 is 0 Å². The van der Waals surface area contributed by atoms with Gasteiger partial charge in [-0.05, 0) is 32.9 Å². The lowest BCUT2D eigenvalue weighted by molar-refractivity contribution is -0.138. The zero-order valence-electron chi connectivity index (χ0n) is 8.72. The van der Waals surface area contributed by atoms with Gasteiger partial charge in [0.15, 0.2) is 0 Å². The summed E-state index contributed by atoms with van der Waals surface area (Å²) in [5.74, 6) is 0.167. The number of hydrogen-bond acceptors (Lipinski definition) is 2. The topological polar surface area (TPSA) is 30.0 Å². The molecule has 0 radical (unpaired) electrons. The minimum atomic E-state index is -4.28. The molecule has 0 unspecified atom stereocenters. The van der Waals surface area contributed by atoms with Gasteiger partial charge in [-0.15, -0.1) is 0 Å². The number of hydrogen-bond donors (Lipinski definition) is 0. The molecule has 0 aliphatic rings. The van der Waals surface area contributed by atoms with E-state index in [1.807, 2.05) is 0 Å². The zero-order chi connectivity index (χ0) is 12.1. The molecule has 0 aliphatic carbocycles. The normalized spacial score (nSPS) is 10.3. The number of nitrogens with zero attached hydrogens (tertiary/aromatic N) is 1. The van der Waals surface area contributed by atoms with Crippen molar-refractivity contribution >= 4 is 5.78 Å². The molecule has 0 amide bonds. The predicted octanol–water partition coefficient (Wildman–Crippen LogP) is 3.00. The summed E-state index contributed by atoms with van der Waals surface area (Å²) in [5, 5.41) is 0. The summed E-state index contributed by atoms with van der Waals surface area (Å²) in [5.41, 5.74) is -0.653. The molecule has 2 nitrogen and oxygen atoms in total. The summed E-state index contributed by atoms with van der Waals surface area (Å²) in [6.45, 7) is 4.39. The van der Waals surface area contributed by atoms with E-state index in [2.05, 4.69) is 4.98 Å². The van der Waals surface area contributed by atoms with E-state index >= 15 is 0 Å². The molecule has 0 N–H and O–H groups in total. The Kier molecular flexibility index (Phi) is 4.97. The fourth-order valence-electron chi connectivity index (χ4n) is 0.784. The van der Waals surface area contributed by atoms with Gasteiger partial charge in [0, 0.05) is 11.9 Å². The minimum Gasteiger partial charge on any atom is -0.300 e. The number of ketones is 1. The number of halogens is 3. The Labute approximate surface area is 86.1 Å². The molecule has 1 aromatic rings. The van der Waals surface area contributed by atoms with E-state index in [-0.39, 0.29) is 11.5 Å². The molecule has 1 rings (SSSR count). The number of aromatic nitrogens is 1. The van der Waals surface area contributed by atoms with Crippen LogP contribution in [-0.4, -0.2) is 10.8 Å². The Morgan fingerprint density at radius 1 is 1.33 bits per heavy atom. The molecule has 0 atom stereocenters. The first-order valence-electron chi connectivity index (χ1n) is 4.21. The van der Waals surface area contributed by atoms with Crippen molar-refractivity contribution < 1.29 is 18.0 Å². The van der Waals surface area contributed by atoms with Crippen LogP contribution in [0.2, 0.25) is 0 Å². The maximum Gasteiger partial charge on any atom is 0.418 e. The number of alkyl halides is 3. The van der Waals surface area contributed by atoms with Crippen LogP contribution in [-0.2, 0) is 11.0 Å². The van der Waals surface area contributed by atoms with Crippen LogP contribution in [0.15, 0.2) is 18.3 Å². The lowest BCUT2D eigenvalue weighted by Gasteiger charge is -2.07. The summed E-state index contributed by atoms with van der Waals surface area (Å²) in [6, 6.07) is 2.29. The Morgan fingerprint density at radius 2 is 1.80 bits per heavy atom. The second kappa shape index (κ2) is 5.48. The quantitative estimate of drug-likeness (QED) is 0.671. The van der Waals surface area contributed by atoms with Gasteiger partial charge in [0.25, 0.3) is 0 Å². The molecule has 0 aromatic carbocycles. The highest BCUT2D eigenvalue weighted by molar-refractivity contribution is 5.72. The molecule has 0 fully saturated rings. The SMILES string of the molecule is CC(C)=O.Cc1ncccc1C(F)(F)F. The largest absolute Gasteiger partial charge is 0.418 e. The Bertz CT molecular complexity index is 330. The highest BCUT2D eigenvalue weighted by Crippen LogP contribution is 2.30. The number of carbonyl (C=O) groups excluding carboxylic acids is 1. The smallest absolute Gasteiger partial charge is 0.300 e. The summed E-state index contributed by atoms with van der Waals surface area (Å²) in [4.78, 5) is 13.0. The van der Waals surface area contributed by atoms with Crippen molar-refractivity contribution in [1.29, 1.82) is 0 Å². The maximum atomic E-state index is 12.0. The van der Waals surface area contributed by atoms with Gasteiger partial charge in [-0.1, -0.05) is 0 Å². The first-order valence-corrected chi connectivity index (χ1v) is 4.21. The van der Waals surface area contributed by atoms with Gasteiger partial charge >= 0.3 is 6.18 Å². The maximum absolute atomic E-state index is 12.0. The molecule has 1 heterocycles. The third-order valence-electron chi connectivity index (χ3n) is 1.31. The van der Waals surface area contributed by atoms with Crippen molar-refractivity contribution in [3.8, 4) is 0 Å². The first-order chi connectivity index (χ1) is 6.75. The molecule has 0 aliphatic heterocycles. The fraction of sp³-hybridized carbons (Fsp3) is 0.400. The van der Waals surface area contributed by atoms with E-state index in [0.29, 0.717) is 0 Å². The monoisotopic (exact) mass is 219 g/mol. The van der Waals surface area contributed by atoms with Crippen LogP contribution in [0.5, 0.6) is 0 Å². The third kappa shape index (κ3) is 5.83. The summed E-state index contributed by atoms with van der Waals surface area (Å²) < 4.78 is 36.0. The van der Waals surface area contributed by atoms with Gasteiger partial charge in [0.2, 0.25) is 0 Å². The summed E-state index contributed by atoms with van der Waals surface area (Å²) in [6.07, 6.45) is -2.94. The summed E-state index contributed by atoms with van der Waals surface area (Å²) in [7, 11) is 0. The van der Waals surface area contributed by atoms with Crippen LogP contribution in [0.4, 0.5) is 13.2 Å². The van der Waals surface area contributed by atoms with Crippen LogP contribution in [0.1, 0.15) is 25.1 Å². The minimum absolute atomic E-state index is 0.0139. The van der Waals surface area contributed by atoms with Crippen LogP contribution in [0.3, 0.4) is 0 Å². The standard InChI is InChI=1S/C7H6F3N.C3H6O/c1-5-6(7(8,9)10)3-2-4-11-5;1-3(2)4/h2-4H,1H3;1-2H3. The van der Waals surface area contributed by atoms with Crippen molar-refractivity contribution in [1.82, 2.24) is 4.98 Å². The number of carbonyl (C=O) groups is 1. The second-order valence-corrected chi connectivity index (χ2v) is 3.04. The van der Waals surface area contributed by atoms with Gasteiger partial charge in [-0.3, -0.25) is 4.98 Å². The van der Waals surface area contributed by atoms with Gasteiger partial charge in [-0.25, -0.2) is 0 Å². The van der Waals surface area contributed by atoms with Crippen molar-refractivity contribution in [2.45, 2.75) is 26.9 Å². The third-order valence-corrected chi connectivity index (χ3v) is 1.31. The lowest BCUT2D eigenvalue weighted by Crippen LogP contribution is -2.07. The molecule has 5 heteroatoms. The average Bonchev–Trinajstić information content (AvgIpc) is 2.01. The highest BCUT2D eigenvalue weighted by Gasteiger charge is 2.32. The Hall–Kier alpha value is -1.39. The van der Waals surface area contributed by atoms with Crippen molar-refractivity contribution in [3.05, 3.63) is 29.6 Å². The molecule has 1 aromatic heterocycles. The zero-order valence-corrected chi connectivity index (χ0v) is 8.72. The van der Waals surface area contributed by atoms with Crippen molar-refractivity contribution in [2.24, 2.45) is 0 Å². The number of rotatable bonds is 0. The van der Waals surface area contributed by atoms with E-state index in [9.17, 15) is 18.0 Å². The van der Waals surface area contributed by atoms with E-state index in [1.165, 1.54) is 33.0 Å². The van der Waals surface area contributed by atoms with Gasteiger partial charge in [-0.2, -0.15) is 13.2 Å². The molecular formula is C10H12F3NO. The Morgan fingerprint density at radius 3 is 2.07 bits per heavy atom. The number of Topliss-reactive ketones (excluding diaryl/α,β-unsaturated/α-hetero) is 1. The number of pyridine rings is 1. The second-order valence-electron chi connectivity index (χ2n) is 3.04. The highest BCUT2D eigenvalue weighted by atomic mass is 19.4. The predicted molar refractivity (Wildman–Crippen MR) is 50.3 cm³/mol. The van der Waals surface area contributed by atoms with E-state index in [0.717, 1.165) is 6.07 Å². The number of aryl methyl sites for hydroxylation is 1. The van der Waals surface area contributed by atoms with Crippen LogP contribution >= 0.6 is 0 Å². The lowest BCUT2D eigenvalue weighted by atomic mass is 10.2. The average molecular weight is 219 g/mol. The van der Waals surface area contributed by atoms with Gasteiger partial charge in [0.1, 0.15) is 5.78 Å². The van der Waals surface area contributed by atoms with Crippen LogP contribution in [0, 0.1) is 6.92 Å². The van der Waals surface area contributed by atoms with Crippen LogP contribution in [0.25, 0.3) is 0 Å².